The SMILES string of the molecule is Nc1nonc1-n1nnc(C(=O)N/N=C\c2cccc(Cl)c2Cl)c1-c1ccccc1Cl. The summed E-state index contributed by atoms with van der Waals surface area (Å²) in [6, 6.07) is 11.9. The number of rotatable bonds is 5. The lowest BCUT2D eigenvalue weighted by atomic mass is 10.1. The first-order valence-corrected chi connectivity index (χ1v) is 9.67. The summed E-state index contributed by atoms with van der Waals surface area (Å²) in [5, 5.41) is 20.1. The highest BCUT2D eigenvalue weighted by Crippen LogP contribution is 2.31. The normalized spacial score (nSPS) is 11.2. The molecule has 31 heavy (non-hydrogen) atoms. The molecule has 0 atom stereocenters. The summed E-state index contributed by atoms with van der Waals surface area (Å²) in [6.07, 6.45) is 1.35. The van der Waals surface area contributed by atoms with Gasteiger partial charge in [0.05, 0.1) is 21.3 Å². The van der Waals surface area contributed by atoms with Gasteiger partial charge in [-0.1, -0.05) is 70.3 Å². The van der Waals surface area contributed by atoms with Crippen LogP contribution >= 0.6 is 34.8 Å². The molecule has 4 aromatic rings. The molecule has 0 saturated carbocycles. The van der Waals surface area contributed by atoms with Crippen molar-refractivity contribution in [2.45, 2.75) is 0 Å². The maximum atomic E-state index is 12.8. The number of hydrogen-bond acceptors (Lipinski definition) is 8. The van der Waals surface area contributed by atoms with Gasteiger partial charge in [0.25, 0.3) is 5.91 Å². The second kappa shape index (κ2) is 8.72. The second-order valence-corrected chi connectivity index (χ2v) is 7.19. The molecule has 1 amide bonds. The number of carbonyl (C=O) groups excluding carboxylic acids is 1. The fourth-order valence-corrected chi connectivity index (χ4v) is 3.23. The fraction of sp³-hybridized carbons (Fsp3) is 0. The van der Waals surface area contributed by atoms with Crippen LogP contribution in [0.25, 0.3) is 17.1 Å². The third-order valence-corrected chi connectivity index (χ3v) is 5.22. The van der Waals surface area contributed by atoms with Gasteiger partial charge in [-0.25, -0.2) is 10.1 Å². The van der Waals surface area contributed by atoms with Gasteiger partial charge >= 0.3 is 0 Å². The number of hydrogen-bond donors (Lipinski definition) is 2. The number of amides is 1. The number of anilines is 1. The van der Waals surface area contributed by atoms with Crippen LogP contribution in [0.4, 0.5) is 5.82 Å². The number of aromatic nitrogens is 5. The molecule has 156 valence electrons. The third kappa shape index (κ3) is 4.08. The van der Waals surface area contributed by atoms with Gasteiger partial charge in [0.1, 0.15) is 5.69 Å². The molecule has 3 N–H and O–H groups in total. The van der Waals surface area contributed by atoms with Crippen molar-refractivity contribution >= 4 is 52.7 Å². The van der Waals surface area contributed by atoms with Crippen molar-refractivity contribution in [1.82, 2.24) is 30.7 Å². The van der Waals surface area contributed by atoms with Gasteiger partial charge in [-0.3, -0.25) is 4.79 Å². The Labute approximate surface area is 189 Å². The summed E-state index contributed by atoms with van der Waals surface area (Å²) < 4.78 is 5.84. The van der Waals surface area contributed by atoms with Crippen LogP contribution in [-0.4, -0.2) is 37.4 Å². The van der Waals surface area contributed by atoms with Crippen LogP contribution in [0.5, 0.6) is 0 Å². The first kappa shape index (κ1) is 20.8. The minimum Gasteiger partial charge on any atom is -0.378 e. The van der Waals surface area contributed by atoms with E-state index in [0.717, 1.165) is 0 Å². The van der Waals surface area contributed by atoms with Gasteiger partial charge in [0.2, 0.25) is 11.6 Å². The van der Waals surface area contributed by atoms with Crippen molar-refractivity contribution < 1.29 is 9.42 Å². The molecule has 0 bridgehead atoms. The molecule has 2 aromatic heterocycles. The monoisotopic (exact) mass is 476 g/mol. The van der Waals surface area contributed by atoms with E-state index >= 15 is 0 Å². The minimum atomic E-state index is -0.661. The lowest BCUT2D eigenvalue weighted by Gasteiger charge is -2.07. The molecule has 13 heteroatoms. The number of nitrogens with one attached hydrogen (secondary N) is 1. The van der Waals surface area contributed by atoms with Crippen molar-refractivity contribution in [3.05, 3.63) is 68.8 Å². The van der Waals surface area contributed by atoms with Crippen molar-refractivity contribution in [1.29, 1.82) is 0 Å². The third-order valence-electron chi connectivity index (χ3n) is 4.06. The van der Waals surface area contributed by atoms with E-state index in [4.69, 9.17) is 40.5 Å². The first-order valence-electron chi connectivity index (χ1n) is 8.53. The average Bonchev–Trinajstić information content (AvgIpc) is 3.37. The van der Waals surface area contributed by atoms with Crippen LogP contribution in [0, 0.1) is 0 Å². The zero-order chi connectivity index (χ0) is 22.0. The Morgan fingerprint density at radius 2 is 1.87 bits per heavy atom. The molecule has 2 heterocycles. The van der Waals surface area contributed by atoms with E-state index in [-0.39, 0.29) is 23.0 Å². The summed E-state index contributed by atoms with van der Waals surface area (Å²) in [6.45, 7) is 0. The molecule has 2 aromatic carbocycles. The molecule has 0 aliphatic carbocycles. The van der Waals surface area contributed by atoms with E-state index in [1.165, 1.54) is 10.9 Å². The standard InChI is InChI=1S/C18H11Cl3N8O2/c19-11-6-2-1-5-10(11)15-14(24-28-29(15)17-16(22)26-31-27-17)18(30)25-23-8-9-4-3-7-12(20)13(9)21/h1-8H,(H2,22,26)(H,25,30)/b23-8-. The number of hydrazone groups is 1. The molecule has 0 aliphatic heterocycles. The molecule has 0 spiro atoms. The molecule has 10 nitrogen and oxygen atoms in total. The average molecular weight is 478 g/mol. The highest BCUT2D eigenvalue weighted by molar-refractivity contribution is 6.43. The number of halogens is 3. The van der Waals surface area contributed by atoms with Gasteiger partial charge in [0.15, 0.2) is 5.69 Å². The zero-order valence-electron chi connectivity index (χ0n) is 15.3. The van der Waals surface area contributed by atoms with E-state index in [0.29, 0.717) is 26.2 Å². The van der Waals surface area contributed by atoms with Gasteiger partial charge in [-0.2, -0.15) is 9.78 Å². The molecule has 4 rings (SSSR count). The van der Waals surface area contributed by atoms with Crippen LogP contribution in [0.15, 0.2) is 52.2 Å². The summed E-state index contributed by atoms with van der Waals surface area (Å²) in [4.78, 5) is 12.8. The minimum absolute atomic E-state index is 0.0428. The first-order chi connectivity index (χ1) is 15.0. The summed E-state index contributed by atoms with van der Waals surface area (Å²) in [5.74, 6) is -0.653. The highest BCUT2D eigenvalue weighted by atomic mass is 35.5. The van der Waals surface area contributed by atoms with Crippen LogP contribution in [0.2, 0.25) is 15.1 Å². The Hall–Kier alpha value is -3.47. The lowest BCUT2D eigenvalue weighted by molar-refractivity contribution is 0.0950. The van der Waals surface area contributed by atoms with Crippen LogP contribution < -0.4 is 11.2 Å². The zero-order valence-corrected chi connectivity index (χ0v) is 17.6. The second-order valence-electron chi connectivity index (χ2n) is 5.99. The molecule has 0 fully saturated rings. The van der Waals surface area contributed by atoms with Gasteiger partial charge in [-0.05, 0) is 22.4 Å². The summed E-state index contributed by atoms with van der Waals surface area (Å²) in [7, 11) is 0. The number of nitrogen functional groups attached to an aromatic ring is 1. The van der Waals surface area contributed by atoms with E-state index in [1.807, 2.05) is 0 Å². The maximum Gasteiger partial charge on any atom is 0.294 e. The Morgan fingerprint density at radius 1 is 1.10 bits per heavy atom. The van der Waals surface area contributed by atoms with E-state index in [9.17, 15) is 4.79 Å². The summed E-state index contributed by atoms with van der Waals surface area (Å²) in [5.41, 5.74) is 9.28. The van der Waals surface area contributed by atoms with Gasteiger partial charge < -0.3 is 5.73 Å². The Morgan fingerprint density at radius 3 is 2.61 bits per heavy atom. The molecule has 0 aliphatic rings. The number of benzene rings is 2. The molecular formula is C18H11Cl3N8O2. The largest absolute Gasteiger partial charge is 0.378 e. The van der Waals surface area contributed by atoms with Crippen molar-refractivity contribution in [2.75, 3.05) is 5.73 Å². The topological polar surface area (TPSA) is 137 Å². The van der Waals surface area contributed by atoms with E-state index in [1.54, 1.807) is 42.5 Å². The van der Waals surface area contributed by atoms with Crippen LogP contribution in [-0.2, 0) is 0 Å². The van der Waals surface area contributed by atoms with E-state index in [2.05, 4.69) is 35.8 Å². The Kier molecular flexibility index (Phi) is 5.85. The maximum absolute atomic E-state index is 12.8. The quantitative estimate of drug-likeness (QED) is 0.331. The van der Waals surface area contributed by atoms with Crippen LogP contribution in [0.3, 0.4) is 0 Å². The van der Waals surface area contributed by atoms with Crippen LogP contribution in [0.1, 0.15) is 16.1 Å². The fourth-order valence-electron chi connectivity index (χ4n) is 2.65. The molecule has 0 radical (unpaired) electrons. The van der Waals surface area contributed by atoms with E-state index < -0.39 is 5.91 Å². The number of nitrogens with two attached hydrogens (primary N) is 1. The van der Waals surface area contributed by atoms with Crippen molar-refractivity contribution in [2.24, 2.45) is 5.10 Å². The molecule has 0 unspecified atom stereocenters. The Balaban J connectivity index is 1.71. The number of nitrogens with zero attached hydrogens (tertiary/aromatic N) is 6. The predicted octanol–water partition coefficient (Wildman–Crippen LogP) is 3.62. The lowest BCUT2D eigenvalue weighted by Crippen LogP contribution is -2.19. The summed E-state index contributed by atoms with van der Waals surface area (Å²) >= 11 is 18.4. The predicted molar refractivity (Wildman–Crippen MR) is 116 cm³/mol. The Bertz CT molecular complexity index is 1300. The van der Waals surface area contributed by atoms with Crippen molar-refractivity contribution in [3.8, 4) is 17.1 Å². The molecular weight excluding hydrogens is 467 g/mol. The molecule has 0 saturated heterocycles. The highest BCUT2D eigenvalue weighted by Gasteiger charge is 2.26. The van der Waals surface area contributed by atoms with Crippen molar-refractivity contribution in [3.63, 3.8) is 0 Å². The smallest absolute Gasteiger partial charge is 0.294 e. The number of carbonyl (C=O) groups is 1. The van der Waals surface area contributed by atoms with Gasteiger partial charge in [0, 0.05) is 11.1 Å². The van der Waals surface area contributed by atoms with Gasteiger partial charge in [-0.15, -0.1) is 5.10 Å².